The molecule has 0 amide bonds. The van der Waals surface area contributed by atoms with Crippen LogP contribution in [0, 0.1) is 13.8 Å². The fourth-order valence-electron chi connectivity index (χ4n) is 1.96. The van der Waals surface area contributed by atoms with Crippen LogP contribution in [-0.4, -0.2) is 16.7 Å². The number of nitrogens with one attached hydrogen (secondary N) is 2. The zero-order valence-electron chi connectivity index (χ0n) is 12.0. The third kappa shape index (κ3) is 3.80. The molecule has 108 valence electrons. The summed E-state index contributed by atoms with van der Waals surface area (Å²) in [6.07, 6.45) is 1.08. The molecule has 2 rings (SSSR count). The Balaban J connectivity index is 2.07. The number of benzene rings is 1. The first kappa shape index (κ1) is 15.0. The molecule has 0 saturated carbocycles. The van der Waals surface area contributed by atoms with E-state index in [1.807, 2.05) is 13.8 Å². The summed E-state index contributed by atoms with van der Waals surface area (Å²) in [5.41, 5.74) is 3.26. The Kier molecular flexibility index (Phi) is 5.14. The van der Waals surface area contributed by atoms with Crippen LogP contribution in [0.5, 0.6) is 0 Å². The van der Waals surface area contributed by atoms with E-state index in [1.165, 1.54) is 0 Å². The van der Waals surface area contributed by atoms with Crippen molar-refractivity contribution < 1.29 is 4.42 Å². The maximum atomic E-state index is 5.57. The maximum absolute atomic E-state index is 5.57. The molecule has 20 heavy (non-hydrogen) atoms. The van der Waals surface area contributed by atoms with E-state index in [0.29, 0.717) is 18.5 Å². The number of nitrogens with zero attached hydrogens (tertiary/aromatic N) is 2. The molecule has 0 fully saturated rings. The predicted octanol–water partition coefficient (Wildman–Crippen LogP) is 3.69. The topological polar surface area (TPSA) is 63.0 Å². The van der Waals surface area contributed by atoms with Crippen LogP contribution in [-0.2, 0) is 6.54 Å². The number of aryl methyl sites for hydroxylation is 2. The van der Waals surface area contributed by atoms with Gasteiger partial charge in [-0.15, -0.1) is 5.10 Å². The fraction of sp³-hybridized carbons (Fsp3) is 0.429. The number of hydrogen-bond donors (Lipinski definition) is 2. The number of aromatic nitrogens is 2. The normalized spacial score (nSPS) is 10.8. The van der Waals surface area contributed by atoms with Crippen molar-refractivity contribution in [2.75, 3.05) is 11.9 Å². The van der Waals surface area contributed by atoms with Gasteiger partial charge in [0.1, 0.15) is 0 Å². The van der Waals surface area contributed by atoms with Crippen LogP contribution >= 0.6 is 15.9 Å². The van der Waals surface area contributed by atoms with Gasteiger partial charge in [-0.3, -0.25) is 0 Å². The summed E-state index contributed by atoms with van der Waals surface area (Å²) in [6, 6.07) is 4.53. The lowest BCUT2D eigenvalue weighted by Gasteiger charge is -2.10. The molecule has 1 aromatic heterocycles. The summed E-state index contributed by atoms with van der Waals surface area (Å²) in [6.45, 7) is 7.74. The first-order valence-corrected chi connectivity index (χ1v) is 7.46. The van der Waals surface area contributed by atoms with E-state index in [4.69, 9.17) is 4.42 Å². The van der Waals surface area contributed by atoms with Gasteiger partial charge in [-0.05, 0) is 50.1 Å². The van der Waals surface area contributed by atoms with Gasteiger partial charge in [-0.2, -0.15) is 0 Å². The van der Waals surface area contributed by atoms with Crippen molar-refractivity contribution in [3.63, 3.8) is 0 Å². The van der Waals surface area contributed by atoms with E-state index in [9.17, 15) is 0 Å². The Hall–Kier alpha value is -1.40. The highest BCUT2D eigenvalue weighted by Crippen LogP contribution is 2.27. The average Bonchev–Trinajstić information content (AvgIpc) is 2.82. The predicted molar refractivity (Wildman–Crippen MR) is 83.2 cm³/mol. The zero-order valence-corrected chi connectivity index (χ0v) is 13.5. The van der Waals surface area contributed by atoms with Crippen molar-refractivity contribution in [1.82, 2.24) is 15.5 Å². The monoisotopic (exact) mass is 338 g/mol. The van der Waals surface area contributed by atoms with E-state index >= 15 is 0 Å². The lowest BCUT2D eigenvalue weighted by molar-refractivity contribution is 0.479. The molecule has 0 atom stereocenters. The second kappa shape index (κ2) is 6.85. The molecule has 1 aromatic carbocycles. The third-order valence-corrected chi connectivity index (χ3v) is 3.36. The number of anilines is 2. The second-order valence-corrected chi connectivity index (χ2v) is 5.63. The van der Waals surface area contributed by atoms with Gasteiger partial charge in [0.2, 0.25) is 5.89 Å². The molecule has 2 N–H and O–H groups in total. The van der Waals surface area contributed by atoms with Gasteiger partial charge in [0.25, 0.3) is 0 Å². The molecule has 0 aliphatic heterocycles. The van der Waals surface area contributed by atoms with E-state index in [1.54, 1.807) is 0 Å². The van der Waals surface area contributed by atoms with Crippen molar-refractivity contribution in [1.29, 1.82) is 0 Å². The van der Waals surface area contributed by atoms with Crippen LogP contribution in [0.15, 0.2) is 21.0 Å². The minimum Gasteiger partial charge on any atom is -0.406 e. The van der Waals surface area contributed by atoms with Crippen molar-refractivity contribution in [2.24, 2.45) is 0 Å². The van der Waals surface area contributed by atoms with Gasteiger partial charge in [-0.25, -0.2) is 0 Å². The molecule has 0 aliphatic rings. The lowest BCUT2D eigenvalue weighted by atomic mass is 10.1. The SMILES string of the molecule is CCCNCc1nnc(Nc2c(C)cc(Br)cc2C)o1. The Morgan fingerprint density at radius 2 is 1.90 bits per heavy atom. The van der Waals surface area contributed by atoms with E-state index in [0.717, 1.165) is 34.3 Å². The summed E-state index contributed by atoms with van der Waals surface area (Å²) in [7, 11) is 0. The summed E-state index contributed by atoms with van der Waals surface area (Å²) in [4.78, 5) is 0. The third-order valence-electron chi connectivity index (χ3n) is 2.90. The molecule has 0 bridgehead atoms. The highest BCUT2D eigenvalue weighted by Gasteiger charge is 2.09. The van der Waals surface area contributed by atoms with Crippen molar-refractivity contribution in [3.8, 4) is 0 Å². The number of halogens is 1. The molecule has 0 saturated heterocycles. The van der Waals surface area contributed by atoms with E-state index < -0.39 is 0 Å². The van der Waals surface area contributed by atoms with Crippen LogP contribution < -0.4 is 10.6 Å². The highest BCUT2D eigenvalue weighted by molar-refractivity contribution is 9.10. The smallest absolute Gasteiger partial charge is 0.320 e. The van der Waals surface area contributed by atoms with Crippen molar-refractivity contribution in [3.05, 3.63) is 33.6 Å². The average molecular weight is 339 g/mol. The Bertz CT molecular complexity index is 559. The molecule has 0 aliphatic carbocycles. The first-order valence-electron chi connectivity index (χ1n) is 6.67. The Morgan fingerprint density at radius 1 is 1.20 bits per heavy atom. The maximum Gasteiger partial charge on any atom is 0.320 e. The fourth-order valence-corrected chi connectivity index (χ4v) is 2.65. The molecular formula is C14H19BrN4O. The van der Waals surface area contributed by atoms with Gasteiger partial charge in [0, 0.05) is 10.2 Å². The molecule has 0 spiro atoms. The van der Waals surface area contributed by atoms with Gasteiger partial charge in [-0.1, -0.05) is 28.0 Å². The summed E-state index contributed by atoms with van der Waals surface area (Å²) in [5, 5.41) is 14.4. The zero-order chi connectivity index (χ0) is 14.5. The minimum absolute atomic E-state index is 0.423. The van der Waals surface area contributed by atoms with E-state index in [2.05, 4.69) is 55.8 Å². The molecule has 6 heteroatoms. The van der Waals surface area contributed by atoms with Gasteiger partial charge in [0.05, 0.1) is 6.54 Å². The van der Waals surface area contributed by atoms with Crippen molar-refractivity contribution >= 4 is 27.6 Å². The summed E-state index contributed by atoms with van der Waals surface area (Å²) in [5.74, 6) is 0.591. The summed E-state index contributed by atoms with van der Waals surface area (Å²) >= 11 is 3.48. The summed E-state index contributed by atoms with van der Waals surface area (Å²) < 4.78 is 6.63. The van der Waals surface area contributed by atoms with Crippen LogP contribution in [0.3, 0.4) is 0 Å². The molecule has 1 heterocycles. The molecule has 2 aromatic rings. The number of rotatable bonds is 6. The Morgan fingerprint density at radius 3 is 2.55 bits per heavy atom. The van der Waals surface area contributed by atoms with Crippen LogP contribution in [0.2, 0.25) is 0 Å². The van der Waals surface area contributed by atoms with Crippen LogP contribution in [0.1, 0.15) is 30.4 Å². The van der Waals surface area contributed by atoms with Gasteiger partial charge in [0.15, 0.2) is 0 Å². The van der Waals surface area contributed by atoms with Crippen LogP contribution in [0.25, 0.3) is 0 Å². The van der Waals surface area contributed by atoms with E-state index in [-0.39, 0.29) is 0 Å². The van der Waals surface area contributed by atoms with Crippen LogP contribution in [0.4, 0.5) is 11.7 Å². The molecule has 0 radical (unpaired) electrons. The van der Waals surface area contributed by atoms with Gasteiger partial charge >= 0.3 is 6.01 Å². The Labute approximate surface area is 127 Å². The largest absolute Gasteiger partial charge is 0.406 e. The molecule has 0 unspecified atom stereocenters. The van der Waals surface area contributed by atoms with Gasteiger partial charge < -0.3 is 15.1 Å². The highest BCUT2D eigenvalue weighted by atomic mass is 79.9. The van der Waals surface area contributed by atoms with Crippen molar-refractivity contribution in [2.45, 2.75) is 33.7 Å². The quantitative estimate of drug-likeness (QED) is 0.786. The second-order valence-electron chi connectivity index (χ2n) is 4.72. The first-order chi connectivity index (χ1) is 9.60. The molecule has 5 nitrogen and oxygen atoms in total. The molecular weight excluding hydrogens is 320 g/mol. The standard InChI is InChI=1S/C14H19BrN4O/c1-4-5-16-8-12-18-19-14(20-12)17-13-9(2)6-11(15)7-10(13)3/h6-7,16H,4-5,8H2,1-3H3,(H,17,19). The number of hydrogen-bond acceptors (Lipinski definition) is 5. The lowest BCUT2D eigenvalue weighted by Crippen LogP contribution is -2.13. The minimum atomic E-state index is 0.423.